The molecule has 0 aliphatic rings. The monoisotopic (exact) mass is 538 g/mol. The van der Waals surface area contributed by atoms with Crippen LogP contribution in [0, 0.1) is 0 Å². The third-order valence-corrected chi connectivity index (χ3v) is 19.1. The van der Waals surface area contributed by atoms with Gasteiger partial charge in [-0.2, -0.15) is 0 Å². The third-order valence-electron chi connectivity index (χ3n) is 8.25. The van der Waals surface area contributed by atoms with Gasteiger partial charge in [0.05, 0.1) is 12.2 Å². The predicted molar refractivity (Wildman–Crippen MR) is 165 cm³/mol. The molecule has 0 heterocycles. The van der Waals surface area contributed by atoms with Gasteiger partial charge in [-0.1, -0.05) is 93.0 Å². The summed E-state index contributed by atoms with van der Waals surface area (Å²) < 4.78 is 13.7. The Morgan fingerprint density at radius 1 is 0.806 bits per heavy atom. The summed E-state index contributed by atoms with van der Waals surface area (Å²) in [6.45, 7) is 27.3. The summed E-state index contributed by atoms with van der Waals surface area (Å²) in [6.07, 6.45) is 11.7. The van der Waals surface area contributed by atoms with Gasteiger partial charge >= 0.3 is 0 Å². The molecule has 0 bridgehead atoms. The number of rotatable bonds is 20. The van der Waals surface area contributed by atoms with Gasteiger partial charge in [-0.25, -0.2) is 0 Å². The average molecular weight is 539 g/mol. The van der Waals surface area contributed by atoms with Crippen molar-refractivity contribution in [3.05, 3.63) is 23.8 Å². The maximum Gasteiger partial charge on any atom is 0.201 e. The molecule has 0 fully saturated rings. The van der Waals surface area contributed by atoms with Crippen LogP contribution in [0.4, 0.5) is 0 Å². The van der Waals surface area contributed by atoms with Crippen molar-refractivity contribution in [3.8, 4) is 0 Å². The van der Waals surface area contributed by atoms with E-state index in [1.54, 1.807) is 0 Å². The van der Waals surface area contributed by atoms with Gasteiger partial charge < -0.3 is 8.85 Å². The molecule has 0 spiro atoms. The van der Waals surface area contributed by atoms with Crippen LogP contribution in [0.25, 0.3) is 0 Å². The number of carbonyl (C=O) groups excluding carboxylic acids is 1. The first-order valence-electron chi connectivity index (χ1n) is 15.0. The topological polar surface area (TPSA) is 35.5 Å². The number of hydrogen-bond donors (Lipinski definition) is 0. The van der Waals surface area contributed by atoms with Crippen LogP contribution in [0.2, 0.25) is 34.8 Å². The first-order chi connectivity index (χ1) is 16.8. The Morgan fingerprint density at radius 2 is 1.33 bits per heavy atom. The number of carbonyl (C=O) groups is 1. The van der Waals surface area contributed by atoms with Crippen LogP contribution < -0.4 is 0 Å². The third kappa shape index (κ3) is 11.5. The first kappa shape index (κ1) is 35.5. The average Bonchev–Trinajstić information content (AvgIpc) is 2.81. The second-order valence-electron chi connectivity index (χ2n) is 11.9. The van der Waals surface area contributed by atoms with Gasteiger partial charge in [-0.15, -0.1) is 0 Å². The van der Waals surface area contributed by atoms with Gasteiger partial charge in [-0.3, -0.25) is 4.79 Å². The quantitative estimate of drug-likeness (QED) is 0.114. The van der Waals surface area contributed by atoms with Gasteiger partial charge in [-0.05, 0) is 74.3 Å². The Bertz CT molecular complexity index is 629. The van der Waals surface area contributed by atoms with Crippen molar-refractivity contribution >= 4 is 22.4 Å². The minimum atomic E-state index is -1.91. The van der Waals surface area contributed by atoms with E-state index in [2.05, 4.69) is 101 Å². The molecular formula is C31H62O3Si2. The summed E-state index contributed by atoms with van der Waals surface area (Å²) >= 11 is 0. The van der Waals surface area contributed by atoms with E-state index in [0.29, 0.717) is 35.2 Å². The van der Waals surface area contributed by atoms with Crippen LogP contribution in [0.3, 0.4) is 0 Å². The molecule has 0 aliphatic carbocycles. The molecule has 0 rings (SSSR count). The van der Waals surface area contributed by atoms with Gasteiger partial charge in [0, 0.05) is 12.8 Å². The zero-order chi connectivity index (χ0) is 27.9. The Hall–Kier alpha value is -0.496. The normalized spacial score (nSPS) is 14.8. The van der Waals surface area contributed by atoms with Crippen LogP contribution in [-0.4, -0.2) is 34.6 Å². The Labute approximate surface area is 228 Å². The van der Waals surface area contributed by atoms with E-state index in [4.69, 9.17) is 8.85 Å². The van der Waals surface area contributed by atoms with E-state index in [9.17, 15) is 4.79 Å². The molecule has 212 valence electrons. The van der Waals surface area contributed by atoms with Crippen molar-refractivity contribution in [2.45, 2.75) is 169 Å². The second kappa shape index (κ2) is 17.9. The highest BCUT2D eigenvalue weighted by atomic mass is 28.4. The minimum Gasteiger partial charge on any atom is -0.413 e. The van der Waals surface area contributed by atoms with Gasteiger partial charge in [0.15, 0.2) is 8.32 Å². The molecule has 0 aromatic carbocycles. The molecule has 0 saturated carbocycles. The largest absolute Gasteiger partial charge is 0.413 e. The maximum absolute atomic E-state index is 13.0. The molecule has 3 nitrogen and oxygen atoms in total. The highest BCUT2D eigenvalue weighted by Crippen LogP contribution is 2.43. The smallest absolute Gasteiger partial charge is 0.201 e. The van der Waals surface area contributed by atoms with E-state index in [0.717, 1.165) is 43.8 Å². The lowest BCUT2D eigenvalue weighted by molar-refractivity contribution is -0.120. The van der Waals surface area contributed by atoms with Crippen molar-refractivity contribution in [1.29, 1.82) is 0 Å². The number of ketones is 1. The summed E-state index contributed by atoms with van der Waals surface area (Å²) in [5.41, 5.74) is 3.07. The fourth-order valence-electron chi connectivity index (χ4n) is 5.89. The summed E-state index contributed by atoms with van der Waals surface area (Å²) in [5, 5.41) is 0. The molecule has 0 aromatic rings. The molecule has 0 amide bonds. The van der Waals surface area contributed by atoms with Gasteiger partial charge in [0.2, 0.25) is 8.32 Å². The molecule has 0 radical (unpaired) electrons. The molecule has 0 N–H and O–H groups in total. The summed E-state index contributed by atoms with van der Waals surface area (Å²) in [4.78, 5) is 13.0. The van der Waals surface area contributed by atoms with Crippen molar-refractivity contribution in [1.82, 2.24) is 0 Å². The van der Waals surface area contributed by atoms with E-state index >= 15 is 0 Å². The lowest BCUT2D eigenvalue weighted by Crippen LogP contribution is -2.49. The van der Waals surface area contributed by atoms with E-state index in [1.165, 1.54) is 5.57 Å². The molecule has 0 aliphatic heterocycles. The first-order valence-corrected chi connectivity index (χ1v) is 19.7. The summed E-state index contributed by atoms with van der Waals surface area (Å²) in [6, 6.07) is 3.38. The molecular weight excluding hydrogens is 477 g/mol. The van der Waals surface area contributed by atoms with Gasteiger partial charge in [0.25, 0.3) is 0 Å². The lowest BCUT2D eigenvalue weighted by Gasteiger charge is -2.44. The van der Waals surface area contributed by atoms with Gasteiger partial charge in [0.1, 0.15) is 5.78 Å². The summed E-state index contributed by atoms with van der Waals surface area (Å²) in [7, 11) is -3.64. The summed E-state index contributed by atoms with van der Waals surface area (Å²) in [5.74, 6) is 0.331. The fraction of sp³-hybridized carbons (Fsp3) is 0.839. The molecule has 2 atom stereocenters. The van der Waals surface area contributed by atoms with Crippen molar-refractivity contribution < 1.29 is 13.6 Å². The number of hydrogen-bond acceptors (Lipinski definition) is 3. The molecule has 5 heteroatoms. The van der Waals surface area contributed by atoms with Crippen molar-refractivity contribution in [3.63, 3.8) is 0 Å². The molecule has 0 saturated heterocycles. The molecule has 0 aromatic heterocycles. The zero-order valence-corrected chi connectivity index (χ0v) is 28.2. The van der Waals surface area contributed by atoms with E-state index < -0.39 is 16.6 Å². The van der Waals surface area contributed by atoms with Crippen LogP contribution in [0.5, 0.6) is 0 Å². The molecule has 2 unspecified atom stereocenters. The standard InChI is InChI=1S/C31H62O3Si2/c1-13-30(34-36(26(7)8,27(9)10)28(11)12)22-18-17-21-29(32)24-31(23-19-20-25(5)6)33-35(14-2,15-3)16-4/h18,20,22,26-28,30-31H,13-17,19,21,23-24H2,1-12H3. The second-order valence-corrected chi connectivity index (χ2v) is 22.1. The van der Waals surface area contributed by atoms with Crippen LogP contribution in [0.1, 0.15) is 122 Å². The highest BCUT2D eigenvalue weighted by Gasteiger charge is 2.46. The zero-order valence-electron chi connectivity index (χ0n) is 26.2. The van der Waals surface area contributed by atoms with E-state index in [1.807, 2.05) is 0 Å². The number of Topliss-reactive ketones (excluding diaryl/α,β-unsaturated/α-hetero) is 1. The van der Waals surface area contributed by atoms with Crippen molar-refractivity contribution in [2.24, 2.45) is 0 Å². The molecule has 36 heavy (non-hydrogen) atoms. The number of allylic oxidation sites excluding steroid dienone is 3. The Morgan fingerprint density at radius 3 is 1.75 bits per heavy atom. The van der Waals surface area contributed by atoms with Crippen LogP contribution >= 0.6 is 0 Å². The Balaban J connectivity index is 5.19. The van der Waals surface area contributed by atoms with E-state index in [-0.39, 0.29) is 12.2 Å². The predicted octanol–water partition coefficient (Wildman–Crippen LogP) is 10.4. The van der Waals surface area contributed by atoms with Crippen molar-refractivity contribution in [2.75, 3.05) is 0 Å². The maximum atomic E-state index is 13.0. The van der Waals surface area contributed by atoms with Crippen LogP contribution in [-0.2, 0) is 13.6 Å². The lowest BCUT2D eigenvalue weighted by atomic mass is 10.0. The SMILES string of the molecule is CCC(C=CCCC(=O)CC(CCC=C(C)C)O[Si](CC)(CC)CC)O[Si](C(C)C)(C(C)C)C(C)C. The van der Waals surface area contributed by atoms with Crippen LogP contribution in [0.15, 0.2) is 23.8 Å². The highest BCUT2D eigenvalue weighted by molar-refractivity contribution is 6.77. The minimum absolute atomic E-state index is 0.0602. The fourth-order valence-corrected chi connectivity index (χ4v) is 14.4. The Kier molecular flexibility index (Phi) is 17.7.